The van der Waals surface area contributed by atoms with E-state index in [4.69, 9.17) is 9.52 Å². The highest BCUT2D eigenvalue weighted by Gasteiger charge is 2.15. The van der Waals surface area contributed by atoms with Crippen molar-refractivity contribution >= 4 is 40.8 Å². The van der Waals surface area contributed by atoms with Gasteiger partial charge in [0.1, 0.15) is 4.88 Å². The van der Waals surface area contributed by atoms with Crippen molar-refractivity contribution in [3.63, 3.8) is 0 Å². The van der Waals surface area contributed by atoms with E-state index in [-0.39, 0.29) is 6.42 Å². The van der Waals surface area contributed by atoms with E-state index in [9.17, 15) is 4.79 Å². The lowest BCUT2D eigenvalue weighted by Crippen LogP contribution is -1.95. The lowest BCUT2D eigenvalue weighted by molar-refractivity contribution is -0.136. The molecule has 2 N–H and O–H groups in total. The van der Waals surface area contributed by atoms with Crippen molar-refractivity contribution in [1.82, 2.24) is 10.2 Å². The molecule has 6 nitrogen and oxygen atoms in total. The van der Waals surface area contributed by atoms with Crippen LogP contribution in [0.25, 0.3) is 10.8 Å². The number of hydrogen-bond donors (Lipinski definition) is 2. The van der Waals surface area contributed by atoms with Gasteiger partial charge in [-0.05, 0) is 23.6 Å². The van der Waals surface area contributed by atoms with Gasteiger partial charge < -0.3 is 14.8 Å². The van der Waals surface area contributed by atoms with Gasteiger partial charge in [-0.15, -0.1) is 28.2 Å². The average molecular weight is 347 g/mol. The third-order valence-electron chi connectivity index (χ3n) is 2.85. The lowest BCUT2D eigenvalue weighted by Gasteiger charge is -2.00. The Morgan fingerprint density at radius 2 is 2.09 bits per heavy atom. The number of thioether (sulfide) groups is 1. The molecule has 23 heavy (non-hydrogen) atoms. The van der Waals surface area contributed by atoms with E-state index in [0.717, 1.165) is 15.5 Å². The van der Waals surface area contributed by atoms with Crippen LogP contribution in [0, 0.1) is 0 Å². The van der Waals surface area contributed by atoms with Crippen LogP contribution >= 0.6 is 23.1 Å². The molecule has 0 saturated carbocycles. The van der Waals surface area contributed by atoms with Crippen LogP contribution in [0.15, 0.2) is 51.1 Å². The molecular formula is C15H13N3O3S2. The molecule has 118 valence electrons. The van der Waals surface area contributed by atoms with Gasteiger partial charge in [-0.1, -0.05) is 23.3 Å². The van der Waals surface area contributed by atoms with Crippen LogP contribution in [0.3, 0.4) is 0 Å². The van der Waals surface area contributed by atoms with Crippen LogP contribution in [0.2, 0.25) is 0 Å². The monoisotopic (exact) mass is 347 g/mol. The quantitative estimate of drug-likeness (QED) is 0.622. The number of carboxylic acid groups (broad SMARTS) is 1. The maximum atomic E-state index is 10.6. The topological polar surface area (TPSA) is 88.2 Å². The fourth-order valence-corrected chi connectivity index (χ4v) is 3.82. The number of hydrogen-bond acceptors (Lipinski definition) is 7. The zero-order chi connectivity index (χ0) is 16.1. The smallest absolute Gasteiger partial charge is 0.320 e. The van der Waals surface area contributed by atoms with Crippen molar-refractivity contribution < 1.29 is 14.3 Å². The number of aromatic nitrogens is 2. The maximum absolute atomic E-state index is 10.6. The number of thiophene rings is 1. The average Bonchev–Trinajstić information content (AvgIpc) is 3.17. The minimum Gasteiger partial charge on any atom is -0.481 e. The summed E-state index contributed by atoms with van der Waals surface area (Å²) in [6.07, 6.45) is 0.116. The number of carbonyl (C=O) groups is 1. The Morgan fingerprint density at radius 1 is 1.26 bits per heavy atom. The summed E-state index contributed by atoms with van der Waals surface area (Å²) >= 11 is 2.96. The summed E-state index contributed by atoms with van der Waals surface area (Å²) in [4.78, 5) is 12.4. The second-order valence-electron chi connectivity index (χ2n) is 4.51. The first-order valence-electron chi connectivity index (χ1n) is 6.80. The van der Waals surface area contributed by atoms with Gasteiger partial charge in [0.15, 0.2) is 0 Å². The Hall–Kier alpha value is -2.32. The summed E-state index contributed by atoms with van der Waals surface area (Å²) < 4.78 is 5.65. The summed E-state index contributed by atoms with van der Waals surface area (Å²) in [5.41, 5.74) is 0.866. The normalized spacial score (nSPS) is 10.6. The molecule has 0 aliphatic rings. The zero-order valence-corrected chi connectivity index (χ0v) is 13.6. The number of anilines is 2. The second-order valence-corrected chi connectivity index (χ2v) is 6.56. The Balaban J connectivity index is 1.71. The Labute approximate surface area is 140 Å². The minimum absolute atomic E-state index is 0.116. The molecule has 0 radical (unpaired) electrons. The molecule has 0 aliphatic heterocycles. The van der Waals surface area contributed by atoms with Crippen molar-refractivity contribution in [2.75, 3.05) is 11.1 Å². The first-order valence-corrected chi connectivity index (χ1v) is 8.67. The number of carboxylic acids is 1. The first-order chi connectivity index (χ1) is 11.2. The second kappa shape index (κ2) is 7.30. The fraction of sp³-hybridized carbons (Fsp3) is 0.133. The van der Waals surface area contributed by atoms with Gasteiger partial charge in [0.25, 0.3) is 5.89 Å². The maximum Gasteiger partial charge on any atom is 0.320 e. The minimum atomic E-state index is -0.804. The van der Waals surface area contributed by atoms with E-state index in [1.54, 1.807) is 0 Å². The number of nitrogens with zero attached hydrogens (tertiary/aromatic N) is 2. The van der Waals surface area contributed by atoms with E-state index < -0.39 is 5.97 Å². The molecule has 0 atom stereocenters. The van der Waals surface area contributed by atoms with Crippen molar-refractivity contribution in [3.8, 4) is 10.8 Å². The largest absolute Gasteiger partial charge is 0.481 e. The zero-order valence-electron chi connectivity index (χ0n) is 11.9. The molecule has 3 aromatic rings. The predicted octanol–water partition coefficient (Wildman–Crippen LogP) is 4.11. The Bertz CT molecular complexity index is 786. The van der Waals surface area contributed by atoms with Crippen molar-refractivity contribution in [3.05, 3.63) is 41.8 Å². The highest BCUT2D eigenvalue weighted by molar-refractivity contribution is 7.99. The fourth-order valence-electron chi connectivity index (χ4n) is 1.83. The number of nitrogens with one attached hydrogen (secondary N) is 1. The van der Waals surface area contributed by atoms with Crippen LogP contribution in [0.4, 0.5) is 11.7 Å². The van der Waals surface area contributed by atoms with Crippen LogP contribution in [0.5, 0.6) is 0 Å². The van der Waals surface area contributed by atoms with E-state index in [0.29, 0.717) is 17.7 Å². The van der Waals surface area contributed by atoms with Crippen molar-refractivity contribution in [2.45, 2.75) is 11.3 Å². The molecule has 0 amide bonds. The molecule has 0 unspecified atom stereocenters. The van der Waals surface area contributed by atoms with E-state index in [1.165, 1.54) is 23.1 Å². The summed E-state index contributed by atoms with van der Waals surface area (Å²) in [5.74, 6) is 0.125. The lowest BCUT2D eigenvalue weighted by atomic mass is 10.3. The first kappa shape index (κ1) is 15.6. The van der Waals surface area contributed by atoms with Gasteiger partial charge >= 0.3 is 12.0 Å². The van der Waals surface area contributed by atoms with Gasteiger partial charge in [-0.3, -0.25) is 4.79 Å². The van der Waals surface area contributed by atoms with E-state index >= 15 is 0 Å². The van der Waals surface area contributed by atoms with Crippen LogP contribution < -0.4 is 5.32 Å². The molecular weight excluding hydrogens is 334 g/mol. The highest BCUT2D eigenvalue weighted by atomic mass is 32.2. The summed E-state index contributed by atoms with van der Waals surface area (Å²) in [6, 6.07) is 11.8. The molecule has 0 bridgehead atoms. The summed E-state index contributed by atoms with van der Waals surface area (Å²) in [7, 11) is 0. The van der Waals surface area contributed by atoms with E-state index in [1.807, 2.05) is 41.8 Å². The van der Waals surface area contributed by atoms with Crippen LogP contribution in [-0.4, -0.2) is 27.0 Å². The Kier molecular flexibility index (Phi) is 4.94. The molecule has 0 spiro atoms. The highest BCUT2D eigenvalue weighted by Crippen LogP contribution is 2.36. The number of para-hydroxylation sites is 1. The third-order valence-corrected chi connectivity index (χ3v) is 4.94. The van der Waals surface area contributed by atoms with Crippen LogP contribution in [0.1, 0.15) is 6.42 Å². The molecule has 3 rings (SSSR count). The standard InChI is InChI=1S/C15H13N3O3S2/c19-12(20)7-9-22-11-6-8-23-13(11)14-17-18-15(21-14)16-10-4-2-1-3-5-10/h1-6,8H,7,9H2,(H,16,18)(H,19,20). The molecule has 2 aromatic heterocycles. The summed E-state index contributed by atoms with van der Waals surface area (Å²) in [5, 5.41) is 21.7. The predicted molar refractivity (Wildman–Crippen MR) is 90.3 cm³/mol. The van der Waals surface area contributed by atoms with Crippen molar-refractivity contribution in [1.29, 1.82) is 0 Å². The molecule has 1 aromatic carbocycles. The van der Waals surface area contributed by atoms with E-state index in [2.05, 4.69) is 15.5 Å². The van der Waals surface area contributed by atoms with Crippen LogP contribution in [-0.2, 0) is 4.79 Å². The third kappa shape index (κ3) is 4.11. The number of benzene rings is 1. The van der Waals surface area contributed by atoms with Gasteiger partial charge in [0.05, 0.1) is 6.42 Å². The number of rotatable bonds is 7. The SMILES string of the molecule is O=C(O)CCSc1ccsc1-c1nnc(Nc2ccccc2)o1. The van der Waals surface area contributed by atoms with Gasteiger partial charge in [-0.2, -0.15) is 0 Å². The molecule has 2 heterocycles. The van der Waals surface area contributed by atoms with Gasteiger partial charge in [-0.25, -0.2) is 0 Å². The summed E-state index contributed by atoms with van der Waals surface area (Å²) in [6.45, 7) is 0. The molecule has 0 saturated heterocycles. The Morgan fingerprint density at radius 3 is 2.87 bits per heavy atom. The molecule has 8 heteroatoms. The van der Waals surface area contributed by atoms with Crippen molar-refractivity contribution in [2.24, 2.45) is 0 Å². The van der Waals surface area contributed by atoms with Gasteiger partial charge in [0.2, 0.25) is 0 Å². The molecule has 0 aliphatic carbocycles. The molecule has 0 fully saturated rings. The van der Waals surface area contributed by atoms with Gasteiger partial charge in [0, 0.05) is 16.3 Å². The number of aliphatic carboxylic acids is 1.